The fraction of sp³-hybridized carbons (Fsp3) is 0.227. The molecule has 33 heavy (non-hydrogen) atoms. The van der Waals surface area contributed by atoms with Crippen LogP contribution in [0, 0.1) is 18.3 Å². The first-order valence-corrected chi connectivity index (χ1v) is 11.4. The van der Waals surface area contributed by atoms with Crippen LogP contribution in [0.1, 0.15) is 27.9 Å². The van der Waals surface area contributed by atoms with E-state index in [4.69, 9.17) is 0 Å². The summed E-state index contributed by atoms with van der Waals surface area (Å²) in [5.74, 6) is -2.08. The van der Waals surface area contributed by atoms with Gasteiger partial charge in [-0.15, -0.1) is 0 Å². The second-order valence-corrected chi connectivity index (χ2v) is 9.45. The number of amides is 1. The number of nitrogens with zero attached hydrogens (tertiary/aromatic N) is 2. The first kappa shape index (κ1) is 22.3. The van der Waals surface area contributed by atoms with Gasteiger partial charge < -0.3 is 15.0 Å². The van der Waals surface area contributed by atoms with Crippen molar-refractivity contribution in [2.24, 2.45) is 0 Å². The standard InChI is InChI=1S/C22H19FN4O5S/c1-12-5-6-17(20-19(12)14(9-24)10-25-20)26-33(31,32)16-4-2-3-13(7-16)21(28)27-11-15(23)8-18(27)22(29)30/h2-7,10,15,18,25-26H,8,11H2,1H3,(H,29,30)/t15-,18-/m0/s1. The van der Waals surface area contributed by atoms with E-state index in [0.717, 1.165) is 16.5 Å². The molecule has 4 rings (SSSR count). The SMILES string of the molecule is Cc1ccc(NS(=O)(=O)c2cccc(C(=O)N3C[C@@H](F)C[C@H]3C(=O)O)c2)c2[nH]cc(C#N)c12. The molecule has 1 amide bonds. The summed E-state index contributed by atoms with van der Waals surface area (Å²) in [7, 11) is -4.15. The summed E-state index contributed by atoms with van der Waals surface area (Å²) in [6, 6.07) is 9.10. The number of hydrogen-bond donors (Lipinski definition) is 3. The molecule has 0 unspecified atom stereocenters. The molecule has 3 N–H and O–H groups in total. The van der Waals surface area contributed by atoms with Gasteiger partial charge >= 0.3 is 5.97 Å². The number of carboxylic acids is 1. The molecule has 1 fully saturated rings. The fourth-order valence-electron chi connectivity index (χ4n) is 4.00. The van der Waals surface area contributed by atoms with E-state index in [1.807, 2.05) is 0 Å². The molecule has 0 aliphatic carbocycles. The fourth-order valence-corrected chi connectivity index (χ4v) is 5.12. The van der Waals surface area contributed by atoms with Crippen LogP contribution in [0.15, 0.2) is 47.5 Å². The summed E-state index contributed by atoms with van der Waals surface area (Å²) in [6.07, 6.45) is -0.293. The lowest BCUT2D eigenvalue weighted by atomic mass is 10.1. The molecule has 2 heterocycles. The number of carboxylic acid groups (broad SMARTS) is 1. The third-order valence-electron chi connectivity index (χ3n) is 5.60. The van der Waals surface area contributed by atoms with Crippen LogP contribution in [0.5, 0.6) is 0 Å². The Hall–Kier alpha value is -3.91. The Morgan fingerprint density at radius 3 is 2.76 bits per heavy atom. The number of hydrogen-bond acceptors (Lipinski definition) is 5. The van der Waals surface area contributed by atoms with Crippen molar-refractivity contribution in [3.8, 4) is 6.07 Å². The maximum absolute atomic E-state index is 13.8. The van der Waals surface area contributed by atoms with Crippen molar-refractivity contribution < 1.29 is 27.5 Å². The van der Waals surface area contributed by atoms with Crippen molar-refractivity contribution >= 4 is 38.5 Å². The number of nitriles is 1. The van der Waals surface area contributed by atoms with Gasteiger partial charge in [-0.05, 0) is 36.8 Å². The average Bonchev–Trinajstić information content (AvgIpc) is 3.39. The average molecular weight is 470 g/mol. The van der Waals surface area contributed by atoms with E-state index in [2.05, 4.69) is 15.8 Å². The molecular weight excluding hydrogens is 451 g/mol. The number of aryl methyl sites for hydroxylation is 1. The second kappa shape index (κ2) is 8.22. The van der Waals surface area contributed by atoms with Crippen LogP contribution in [0.4, 0.5) is 10.1 Å². The van der Waals surface area contributed by atoms with E-state index < -0.39 is 34.1 Å². The number of alkyl halides is 1. The number of nitrogens with one attached hydrogen (secondary N) is 2. The molecule has 1 aliphatic heterocycles. The van der Waals surface area contributed by atoms with Gasteiger partial charge in [0, 0.05) is 23.6 Å². The number of H-pyrrole nitrogens is 1. The highest BCUT2D eigenvalue weighted by molar-refractivity contribution is 7.92. The van der Waals surface area contributed by atoms with Gasteiger partial charge in [0.2, 0.25) is 0 Å². The minimum atomic E-state index is -4.15. The number of aliphatic carboxylic acids is 1. The second-order valence-electron chi connectivity index (χ2n) is 7.77. The van der Waals surface area contributed by atoms with E-state index in [0.29, 0.717) is 16.5 Å². The molecule has 2 aromatic carbocycles. The molecule has 0 saturated carbocycles. The number of aromatic amines is 1. The van der Waals surface area contributed by atoms with Gasteiger partial charge in [0.1, 0.15) is 18.3 Å². The zero-order valence-corrected chi connectivity index (χ0v) is 18.2. The molecule has 170 valence electrons. The van der Waals surface area contributed by atoms with Crippen molar-refractivity contribution in [1.29, 1.82) is 5.26 Å². The van der Waals surface area contributed by atoms with Crippen LogP contribution in [-0.2, 0) is 14.8 Å². The van der Waals surface area contributed by atoms with Crippen molar-refractivity contribution in [3.05, 3.63) is 59.3 Å². The van der Waals surface area contributed by atoms with Crippen molar-refractivity contribution in [2.45, 2.75) is 30.5 Å². The highest BCUT2D eigenvalue weighted by Gasteiger charge is 2.40. The number of carbonyl (C=O) groups excluding carboxylic acids is 1. The number of rotatable bonds is 5. The lowest BCUT2D eigenvalue weighted by molar-refractivity contribution is -0.141. The van der Waals surface area contributed by atoms with Crippen LogP contribution in [-0.4, -0.2) is 54.0 Å². The lowest BCUT2D eigenvalue weighted by Crippen LogP contribution is -2.40. The summed E-state index contributed by atoms with van der Waals surface area (Å²) in [4.78, 5) is 27.8. The number of likely N-dealkylation sites (tertiary alicyclic amines) is 1. The Balaban J connectivity index is 1.66. The quantitative estimate of drug-likeness (QED) is 0.523. The molecule has 1 aromatic heterocycles. The van der Waals surface area contributed by atoms with Gasteiger partial charge in [-0.2, -0.15) is 5.26 Å². The number of anilines is 1. The van der Waals surface area contributed by atoms with E-state index >= 15 is 0 Å². The van der Waals surface area contributed by atoms with E-state index in [1.165, 1.54) is 24.4 Å². The minimum Gasteiger partial charge on any atom is -0.480 e. The Kier molecular flexibility index (Phi) is 5.55. The van der Waals surface area contributed by atoms with Crippen molar-refractivity contribution in [3.63, 3.8) is 0 Å². The van der Waals surface area contributed by atoms with Crippen LogP contribution in [0.3, 0.4) is 0 Å². The number of fused-ring (bicyclic) bond motifs is 1. The van der Waals surface area contributed by atoms with Gasteiger partial charge in [-0.3, -0.25) is 9.52 Å². The van der Waals surface area contributed by atoms with Gasteiger partial charge in [0.05, 0.1) is 28.2 Å². The van der Waals surface area contributed by atoms with Gasteiger partial charge in [-0.1, -0.05) is 12.1 Å². The summed E-state index contributed by atoms with van der Waals surface area (Å²) in [5.41, 5.74) is 1.76. The molecule has 3 aromatic rings. The number of aromatic nitrogens is 1. The predicted octanol–water partition coefficient (Wildman–Crippen LogP) is 2.79. The van der Waals surface area contributed by atoms with Crippen LogP contribution in [0.25, 0.3) is 10.9 Å². The van der Waals surface area contributed by atoms with Gasteiger partial charge in [0.15, 0.2) is 0 Å². The summed E-state index contributed by atoms with van der Waals surface area (Å²) < 4.78 is 42.3. The largest absolute Gasteiger partial charge is 0.480 e. The molecule has 9 nitrogen and oxygen atoms in total. The molecular formula is C22H19FN4O5S. The summed E-state index contributed by atoms with van der Waals surface area (Å²) >= 11 is 0. The van der Waals surface area contributed by atoms with Crippen LogP contribution < -0.4 is 4.72 Å². The van der Waals surface area contributed by atoms with E-state index in [9.17, 15) is 32.8 Å². The Morgan fingerprint density at radius 2 is 2.06 bits per heavy atom. The normalized spacial score (nSPS) is 18.3. The number of sulfonamides is 1. The number of carbonyl (C=O) groups is 2. The smallest absolute Gasteiger partial charge is 0.326 e. The molecule has 0 bridgehead atoms. The summed E-state index contributed by atoms with van der Waals surface area (Å²) in [6.45, 7) is 1.43. The van der Waals surface area contributed by atoms with Gasteiger partial charge in [-0.25, -0.2) is 17.6 Å². The number of halogens is 1. The zero-order chi connectivity index (χ0) is 23.9. The Bertz CT molecular complexity index is 1430. The minimum absolute atomic E-state index is 0.0704. The molecule has 1 saturated heterocycles. The van der Waals surface area contributed by atoms with E-state index in [-0.39, 0.29) is 29.1 Å². The number of benzene rings is 2. The predicted molar refractivity (Wildman–Crippen MR) is 117 cm³/mol. The Morgan fingerprint density at radius 1 is 1.30 bits per heavy atom. The van der Waals surface area contributed by atoms with E-state index in [1.54, 1.807) is 19.1 Å². The molecule has 0 radical (unpaired) electrons. The van der Waals surface area contributed by atoms with Crippen molar-refractivity contribution in [2.75, 3.05) is 11.3 Å². The summed E-state index contributed by atoms with van der Waals surface area (Å²) in [5, 5.41) is 19.2. The third kappa shape index (κ3) is 4.01. The third-order valence-corrected chi connectivity index (χ3v) is 6.96. The monoisotopic (exact) mass is 470 g/mol. The first-order chi connectivity index (χ1) is 15.6. The topological polar surface area (TPSA) is 143 Å². The molecule has 0 spiro atoms. The Labute approximate surface area is 188 Å². The lowest BCUT2D eigenvalue weighted by Gasteiger charge is -2.21. The molecule has 11 heteroatoms. The van der Waals surface area contributed by atoms with Crippen LogP contribution in [0.2, 0.25) is 0 Å². The highest BCUT2D eigenvalue weighted by Crippen LogP contribution is 2.30. The zero-order valence-electron chi connectivity index (χ0n) is 17.4. The maximum atomic E-state index is 13.8. The molecule has 2 atom stereocenters. The van der Waals surface area contributed by atoms with Crippen molar-refractivity contribution in [1.82, 2.24) is 9.88 Å². The van der Waals surface area contributed by atoms with Gasteiger partial charge in [0.25, 0.3) is 15.9 Å². The highest BCUT2D eigenvalue weighted by atomic mass is 32.2. The first-order valence-electron chi connectivity index (χ1n) is 9.94. The van der Waals surface area contributed by atoms with Crippen LogP contribution >= 0.6 is 0 Å². The maximum Gasteiger partial charge on any atom is 0.326 e. The molecule has 1 aliphatic rings.